The Hall–Kier alpha value is -0.540. The van der Waals surface area contributed by atoms with E-state index < -0.39 is 0 Å². The second-order valence-electron chi connectivity index (χ2n) is 4.55. The van der Waals surface area contributed by atoms with Crippen molar-refractivity contribution in [3.63, 3.8) is 0 Å². The van der Waals surface area contributed by atoms with Gasteiger partial charge in [-0.1, -0.05) is 44.0 Å². The highest BCUT2D eigenvalue weighted by molar-refractivity contribution is 9.10. The van der Waals surface area contributed by atoms with Crippen LogP contribution in [0.15, 0.2) is 33.2 Å². The van der Waals surface area contributed by atoms with Crippen LogP contribution in [0.4, 0.5) is 0 Å². The predicted molar refractivity (Wildman–Crippen MR) is 82.4 cm³/mol. The average Bonchev–Trinajstić information content (AvgIpc) is 2.53. The summed E-state index contributed by atoms with van der Waals surface area (Å²) in [5, 5.41) is 0. The maximum absolute atomic E-state index is 5.69. The van der Waals surface area contributed by atoms with E-state index in [4.69, 9.17) is 4.42 Å². The molecular formula is C15H16Br2O. The number of benzene rings is 1. The Balaban J connectivity index is 2.24. The number of hydrogen-bond acceptors (Lipinski definition) is 1. The van der Waals surface area contributed by atoms with Crippen LogP contribution in [-0.2, 0) is 6.42 Å². The van der Waals surface area contributed by atoms with Gasteiger partial charge in [0.1, 0.15) is 11.5 Å². The van der Waals surface area contributed by atoms with E-state index in [0.29, 0.717) is 4.83 Å². The minimum atomic E-state index is 0.296. The highest BCUT2D eigenvalue weighted by atomic mass is 79.9. The molecule has 0 aliphatic rings. The maximum Gasteiger partial charge on any atom is 0.105 e. The molecule has 1 heterocycles. The lowest BCUT2D eigenvalue weighted by Crippen LogP contribution is -1.98. The van der Waals surface area contributed by atoms with Crippen LogP contribution in [0.2, 0.25) is 0 Å². The Morgan fingerprint density at radius 3 is 2.44 bits per heavy atom. The molecule has 1 atom stereocenters. The van der Waals surface area contributed by atoms with Crippen molar-refractivity contribution >= 4 is 31.9 Å². The Labute approximate surface area is 125 Å². The fourth-order valence-electron chi connectivity index (χ4n) is 2.24. The first kappa shape index (κ1) is 13.9. The van der Waals surface area contributed by atoms with E-state index in [0.717, 1.165) is 22.4 Å². The third-order valence-corrected chi connectivity index (χ3v) is 4.51. The topological polar surface area (TPSA) is 13.1 Å². The molecular weight excluding hydrogens is 356 g/mol. The Kier molecular flexibility index (Phi) is 4.33. The average molecular weight is 372 g/mol. The second kappa shape index (κ2) is 5.62. The summed E-state index contributed by atoms with van der Waals surface area (Å²) in [6.07, 6.45) is 0.958. The number of aryl methyl sites for hydroxylation is 2. The van der Waals surface area contributed by atoms with Gasteiger partial charge in [0.25, 0.3) is 0 Å². The molecule has 1 aromatic heterocycles. The van der Waals surface area contributed by atoms with Crippen molar-refractivity contribution < 1.29 is 4.42 Å². The molecule has 1 nitrogen and oxygen atoms in total. The van der Waals surface area contributed by atoms with Crippen molar-refractivity contribution in [2.24, 2.45) is 0 Å². The minimum Gasteiger partial charge on any atom is -0.466 e. The first-order valence-corrected chi connectivity index (χ1v) is 7.65. The van der Waals surface area contributed by atoms with Gasteiger partial charge in [0, 0.05) is 14.9 Å². The molecule has 2 aromatic rings. The molecule has 1 unspecified atom stereocenters. The SMILES string of the molecule is Cc1oc(C)c(C(Br)Cc2cccc(Br)c2)c1C. The van der Waals surface area contributed by atoms with Crippen molar-refractivity contribution in [3.05, 3.63) is 56.9 Å². The summed E-state index contributed by atoms with van der Waals surface area (Å²) < 4.78 is 6.81. The molecule has 18 heavy (non-hydrogen) atoms. The standard InChI is InChI=1S/C15H16Br2O/c1-9-10(2)18-11(3)15(9)14(17)8-12-5-4-6-13(16)7-12/h4-7,14H,8H2,1-3H3. The quantitative estimate of drug-likeness (QED) is 0.635. The van der Waals surface area contributed by atoms with E-state index in [-0.39, 0.29) is 0 Å². The van der Waals surface area contributed by atoms with E-state index in [1.165, 1.54) is 16.7 Å². The Morgan fingerprint density at radius 1 is 1.17 bits per heavy atom. The summed E-state index contributed by atoms with van der Waals surface area (Å²) in [7, 11) is 0. The van der Waals surface area contributed by atoms with Gasteiger partial charge >= 0.3 is 0 Å². The second-order valence-corrected chi connectivity index (χ2v) is 6.58. The van der Waals surface area contributed by atoms with Gasteiger partial charge < -0.3 is 4.42 Å². The molecule has 0 N–H and O–H groups in total. The van der Waals surface area contributed by atoms with Crippen LogP contribution >= 0.6 is 31.9 Å². The van der Waals surface area contributed by atoms with Gasteiger partial charge in [0.15, 0.2) is 0 Å². The molecule has 2 rings (SSSR count). The zero-order valence-corrected chi connectivity index (χ0v) is 13.9. The predicted octanol–water partition coefficient (Wildman–Crippen LogP) is 5.65. The summed E-state index contributed by atoms with van der Waals surface area (Å²) >= 11 is 7.29. The van der Waals surface area contributed by atoms with Crippen LogP contribution in [0.5, 0.6) is 0 Å². The highest BCUT2D eigenvalue weighted by Crippen LogP contribution is 2.35. The number of hydrogen-bond donors (Lipinski definition) is 0. The van der Waals surface area contributed by atoms with Gasteiger partial charge in [-0.05, 0) is 50.5 Å². The zero-order valence-electron chi connectivity index (χ0n) is 10.8. The summed E-state index contributed by atoms with van der Waals surface area (Å²) in [5.74, 6) is 2.03. The number of halogens is 2. The van der Waals surface area contributed by atoms with Crippen LogP contribution in [-0.4, -0.2) is 0 Å². The molecule has 0 radical (unpaired) electrons. The first-order chi connectivity index (χ1) is 8.49. The van der Waals surface area contributed by atoms with Crippen molar-refractivity contribution in [1.82, 2.24) is 0 Å². The van der Waals surface area contributed by atoms with Gasteiger partial charge in [-0.25, -0.2) is 0 Å². The maximum atomic E-state index is 5.69. The molecule has 96 valence electrons. The summed E-state index contributed by atoms with van der Waals surface area (Å²) in [6.45, 7) is 6.17. The van der Waals surface area contributed by atoms with Gasteiger partial charge in [-0.3, -0.25) is 0 Å². The monoisotopic (exact) mass is 370 g/mol. The molecule has 0 aliphatic heterocycles. The van der Waals surface area contributed by atoms with Crippen LogP contribution in [0.3, 0.4) is 0 Å². The number of furan rings is 1. The minimum absolute atomic E-state index is 0.296. The third kappa shape index (κ3) is 2.89. The Morgan fingerprint density at radius 2 is 1.89 bits per heavy atom. The van der Waals surface area contributed by atoms with Gasteiger partial charge in [-0.15, -0.1) is 0 Å². The van der Waals surface area contributed by atoms with Crippen LogP contribution in [0.25, 0.3) is 0 Å². The van der Waals surface area contributed by atoms with Gasteiger partial charge in [-0.2, -0.15) is 0 Å². The van der Waals surface area contributed by atoms with Gasteiger partial charge in [0.05, 0.1) is 0 Å². The van der Waals surface area contributed by atoms with Crippen LogP contribution in [0, 0.1) is 20.8 Å². The molecule has 0 amide bonds. The Bertz CT molecular complexity index is 558. The molecule has 3 heteroatoms. The van der Waals surface area contributed by atoms with Crippen molar-refractivity contribution in [1.29, 1.82) is 0 Å². The molecule has 1 aromatic carbocycles. The van der Waals surface area contributed by atoms with E-state index in [2.05, 4.69) is 57.0 Å². The summed E-state index contributed by atoms with van der Waals surface area (Å²) in [4.78, 5) is 0.296. The molecule has 0 aliphatic carbocycles. The number of rotatable bonds is 3. The summed E-state index contributed by atoms with van der Waals surface area (Å²) in [6, 6.07) is 8.42. The van der Waals surface area contributed by atoms with E-state index in [1.807, 2.05) is 19.9 Å². The fourth-order valence-corrected chi connectivity index (χ4v) is 3.73. The van der Waals surface area contributed by atoms with E-state index in [1.54, 1.807) is 0 Å². The molecule has 0 bridgehead atoms. The lowest BCUT2D eigenvalue weighted by atomic mass is 10.0. The van der Waals surface area contributed by atoms with Crippen molar-refractivity contribution in [3.8, 4) is 0 Å². The normalized spacial score (nSPS) is 12.7. The fraction of sp³-hybridized carbons (Fsp3) is 0.333. The third-order valence-electron chi connectivity index (χ3n) is 3.23. The molecule has 0 saturated heterocycles. The van der Waals surface area contributed by atoms with Crippen LogP contribution < -0.4 is 0 Å². The zero-order chi connectivity index (χ0) is 13.3. The summed E-state index contributed by atoms with van der Waals surface area (Å²) in [5.41, 5.74) is 3.85. The van der Waals surface area contributed by atoms with Crippen molar-refractivity contribution in [2.45, 2.75) is 32.0 Å². The smallest absolute Gasteiger partial charge is 0.105 e. The molecule has 0 spiro atoms. The van der Waals surface area contributed by atoms with E-state index >= 15 is 0 Å². The van der Waals surface area contributed by atoms with E-state index in [9.17, 15) is 0 Å². The largest absolute Gasteiger partial charge is 0.466 e. The van der Waals surface area contributed by atoms with Crippen molar-refractivity contribution in [2.75, 3.05) is 0 Å². The highest BCUT2D eigenvalue weighted by Gasteiger charge is 2.19. The lowest BCUT2D eigenvalue weighted by Gasteiger charge is -2.11. The molecule has 0 fully saturated rings. The van der Waals surface area contributed by atoms with Gasteiger partial charge in [0.2, 0.25) is 0 Å². The molecule has 0 saturated carbocycles. The lowest BCUT2D eigenvalue weighted by molar-refractivity contribution is 0.499. The number of alkyl halides is 1. The first-order valence-electron chi connectivity index (χ1n) is 5.94. The van der Waals surface area contributed by atoms with Crippen LogP contribution in [0.1, 0.15) is 33.0 Å².